The van der Waals surface area contributed by atoms with Crippen molar-refractivity contribution in [3.05, 3.63) is 75.8 Å². The smallest absolute Gasteiger partial charge is 0.338 e. The predicted octanol–water partition coefficient (Wildman–Crippen LogP) is 4.65. The van der Waals surface area contributed by atoms with Crippen molar-refractivity contribution in [2.45, 2.75) is 18.4 Å². The van der Waals surface area contributed by atoms with Gasteiger partial charge in [-0.25, -0.2) is 9.59 Å². The highest BCUT2D eigenvalue weighted by Gasteiger charge is 2.41. The largest absolute Gasteiger partial charge is 0.478 e. The van der Waals surface area contributed by atoms with Gasteiger partial charge in [-0.15, -0.1) is 0 Å². The number of carbonyl (C=O) groups is 2. The summed E-state index contributed by atoms with van der Waals surface area (Å²) in [5.41, 5.74) is 3.36. The number of rotatable bonds is 3. The highest BCUT2D eigenvalue weighted by Crippen LogP contribution is 2.52. The number of esters is 1. The maximum Gasteiger partial charge on any atom is 0.338 e. The van der Waals surface area contributed by atoms with Crippen LogP contribution < -0.4 is 5.32 Å². The van der Waals surface area contributed by atoms with Crippen molar-refractivity contribution in [1.29, 1.82) is 0 Å². The van der Waals surface area contributed by atoms with Gasteiger partial charge in [0.25, 0.3) is 0 Å². The molecule has 0 saturated heterocycles. The molecule has 0 bridgehead atoms. The number of benzene rings is 2. The summed E-state index contributed by atoms with van der Waals surface area (Å²) in [7, 11) is 1.37. The van der Waals surface area contributed by atoms with Gasteiger partial charge in [-0.2, -0.15) is 0 Å². The summed E-state index contributed by atoms with van der Waals surface area (Å²) >= 11 is 6.46. The highest BCUT2D eigenvalue weighted by atomic mass is 35.5. The Morgan fingerprint density at radius 3 is 2.59 bits per heavy atom. The lowest BCUT2D eigenvalue weighted by Gasteiger charge is -2.38. The van der Waals surface area contributed by atoms with Gasteiger partial charge in [0, 0.05) is 5.92 Å². The third-order valence-electron chi connectivity index (χ3n) is 5.39. The zero-order valence-electron chi connectivity index (χ0n) is 14.6. The minimum Gasteiger partial charge on any atom is -0.478 e. The van der Waals surface area contributed by atoms with Gasteiger partial charge < -0.3 is 15.2 Å². The van der Waals surface area contributed by atoms with Crippen LogP contribution in [0.15, 0.2) is 48.6 Å². The first-order chi connectivity index (χ1) is 13.0. The molecular formula is C21H18ClNO4. The molecule has 1 aliphatic carbocycles. The van der Waals surface area contributed by atoms with E-state index in [9.17, 15) is 9.59 Å². The SMILES string of the molecule is COC(=O)c1ccc(Cl)c2c1[C@@H]1C=CC[C@H]1[C@H](c1ccc(C(=O)O)cc1)N2. The topological polar surface area (TPSA) is 75.6 Å². The maximum atomic E-state index is 12.3. The zero-order chi connectivity index (χ0) is 19.1. The Morgan fingerprint density at radius 2 is 1.93 bits per heavy atom. The standard InChI is InChI=1S/C21H18ClNO4/c1-27-21(26)15-9-10-16(22)19-17(15)13-3-2-4-14(13)18(23-19)11-5-7-12(8-6-11)20(24)25/h2-3,5-10,13-14,18,23H,4H2,1H3,(H,24,25)/t13-,14-,18+/m1/s1. The fourth-order valence-corrected chi connectivity index (χ4v) is 4.34. The number of methoxy groups -OCH3 is 1. The van der Waals surface area contributed by atoms with Crippen LogP contribution >= 0.6 is 11.6 Å². The van der Waals surface area contributed by atoms with E-state index >= 15 is 0 Å². The Bertz CT molecular complexity index is 951. The lowest BCUT2D eigenvalue weighted by molar-refractivity contribution is 0.0597. The molecule has 4 rings (SSSR count). The molecule has 2 N–H and O–H groups in total. The molecule has 1 aliphatic heterocycles. The summed E-state index contributed by atoms with van der Waals surface area (Å²) in [6.07, 6.45) is 5.09. The molecule has 2 aliphatic rings. The third-order valence-corrected chi connectivity index (χ3v) is 5.71. The number of ether oxygens (including phenoxy) is 1. The number of carboxylic acid groups (broad SMARTS) is 1. The van der Waals surface area contributed by atoms with Gasteiger partial charge in [0.1, 0.15) is 0 Å². The van der Waals surface area contributed by atoms with E-state index in [1.807, 2.05) is 12.1 Å². The first-order valence-electron chi connectivity index (χ1n) is 8.68. The summed E-state index contributed by atoms with van der Waals surface area (Å²) in [5.74, 6) is -1.09. The fraction of sp³-hybridized carbons (Fsp3) is 0.238. The molecule has 138 valence electrons. The molecule has 27 heavy (non-hydrogen) atoms. The van der Waals surface area contributed by atoms with E-state index in [-0.39, 0.29) is 29.4 Å². The van der Waals surface area contributed by atoms with Crippen molar-refractivity contribution in [2.75, 3.05) is 12.4 Å². The predicted molar refractivity (Wildman–Crippen MR) is 103 cm³/mol. The van der Waals surface area contributed by atoms with Crippen LogP contribution in [0.4, 0.5) is 5.69 Å². The van der Waals surface area contributed by atoms with Crippen LogP contribution in [-0.4, -0.2) is 24.2 Å². The van der Waals surface area contributed by atoms with E-state index < -0.39 is 5.97 Å². The Morgan fingerprint density at radius 1 is 1.19 bits per heavy atom. The molecule has 0 saturated carbocycles. The van der Waals surface area contributed by atoms with Crippen LogP contribution in [0.5, 0.6) is 0 Å². The summed E-state index contributed by atoms with van der Waals surface area (Å²) in [4.78, 5) is 23.4. The average molecular weight is 384 g/mol. The number of nitrogens with one attached hydrogen (secondary N) is 1. The van der Waals surface area contributed by atoms with Crippen molar-refractivity contribution in [1.82, 2.24) is 0 Å². The van der Waals surface area contributed by atoms with Crippen LogP contribution in [0.3, 0.4) is 0 Å². The summed E-state index contributed by atoms with van der Waals surface area (Å²) < 4.78 is 4.95. The maximum absolute atomic E-state index is 12.3. The van der Waals surface area contributed by atoms with Gasteiger partial charge in [-0.1, -0.05) is 35.9 Å². The van der Waals surface area contributed by atoms with Crippen LogP contribution in [-0.2, 0) is 4.74 Å². The van der Waals surface area contributed by atoms with Gasteiger partial charge in [-0.05, 0) is 47.7 Å². The summed E-state index contributed by atoms with van der Waals surface area (Å²) in [6, 6.07) is 10.3. The number of allylic oxidation sites excluding steroid dienone is 2. The van der Waals surface area contributed by atoms with Crippen molar-refractivity contribution < 1.29 is 19.4 Å². The minimum absolute atomic E-state index is 0.0364. The Labute approximate surface area is 161 Å². The van der Waals surface area contributed by atoms with E-state index in [4.69, 9.17) is 21.4 Å². The lowest BCUT2D eigenvalue weighted by atomic mass is 9.75. The lowest BCUT2D eigenvalue weighted by Crippen LogP contribution is -2.30. The molecular weight excluding hydrogens is 366 g/mol. The van der Waals surface area contributed by atoms with Crippen LogP contribution in [0.2, 0.25) is 5.02 Å². The second-order valence-electron chi connectivity index (χ2n) is 6.78. The normalized spacial score (nSPS) is 22.5. The van der Waals surface area contributed by atoms with Gasteiger partial charge in [0.15, 0.2) is 0 Å². The van der Waals surface area contributed by atoms with E-state index in [1.54, 1.807) is 24.3 Å². The number of hydrogen-bond acceptors (Lipinski definition) is 4. The van der Waals surface area contributed by atoms with Crippen molar-refractivity contribution in [2.24, 2.45) is 5.92 Å². The van der Waals surface area contributed by atoms with Crippen molar-refractivity contribution in [3.8, 4) is 0 Å². The molecule has 2 aromatic rings. The van der Waals surface area contributed by atoms with Gasteiger partial charge in [0.05, 0.1) is 35.0 Å². The molecule has 0 fully saturated rings. The number of anilines is 1. The van der Waals surface area contributed by atoms with E-state index in [2.05, 4.69) is 17.5 Å². The monoisotopic (exact) mass is 383 g/mol. The first kappa shape index (κ1) is 17.6. The number of carbonyl (C=O) groups excluding carboxylic acids is 1. The zero-order valence-corrected chi connectivity index (χ0v) is 15.4. The van der Waals surface area contributed by atoms with Crippen LogP contribution in [0.1, 0.15) is 50.2 Å². The Kier molecular flexibility index (Phi) is 4.40. The molecule has 0 aromatic heterocycles. The molecule has 2 aromatic carbocycles. The average Bonchev–Trinajstić information content (AvgIpc) is 3.17. The molecule has 1 heterocycles. The van der Waals surface area contributed by atoms with Crippen LogP contribution in [0, 0.1) is 5.92 Å². The summed E-state index contributed by atoms with van der Waals surface area (Å²) in [5, 5.41) is 13.2. The number of aromatic carboxylic acids is 1. The molecule has 5 nitrogen and oxygen atoms in total. The van der Waals surface area contributed by atoms with Crippen molar-refractivity contribution in [3.63, 3.8) is 0 Å². The molecule has 6 heteroatoms. The second kappa shape index (κ2) is 6.74. The highest BCUT2D eigenvalue weighted by molar-refractivity contribution is 6.33. The minimum atomic E-state index is -0.949. The third kappa shape index (κ3) is 2.88. The van der Waals surface area contributed by atoms with Gasteiger partial charge in [0.2, 0.25) is 0 Å². The van der Waals surface area contributed by atoms with Crippen molar-refractivity contribution >= 4 is 29.2 Å². The Balaban J connectivity index is 1.80. The number of fused-ring (bicyclic) bond motifs is 3. The van der Waals surface area contributed by atoms with Gasteiger partial charge in [-0.3, -0.25) is 0 Å². The number of carboxylic acids is 1. The fourth-order valence-electron chi connectivity index (χ4n) is 4.13. The molecule has 0 unspecified atom stereocenters. The van der Waals surface area contributed by atoms with E-state index in [1.165, 1.54) is 7.11 Å². The first-order valence-corrected chi connectivity index (χ1v) is 9.06. The van der Waals surface area contributed by atoms with Crippen LogP contribution in [0.25, 0.3) is 0 Å². The van der Waals surface area contributed by atoms with E-state index in [0.717, 1.165) is 23.2 Å². The number of hydrogen-bond donors (Lipinski definition) is 2. The summed E-state index contributed by atoms with van der Waals surface area (Å²) in [6.45, 7) is 0. The van der Waals surface area contributed by atoms with Gasteiger partial charge >= 0.3 is 11.9 Å². The molecule has 0 spiro atoms. The molecule has 0 radical (unpaired) electrons. The number of halogens is 1. The molecule has 0 amide bonds. The molecule has 3 atom stereocenters. The second-order valence-corrected chi connectivity index (χ2v) is 7.19. The Hall–Kier alpha value is -2.79. The quantitative estimate of drug-likeness (QED) is 0.596. The van der Waals surface area contributed by atoms with E-state index in [0.29, 0.717) is 10.6 Å².